The monoisotopic (exact) mass is 577 g/mol. The van der Waals surface area contributed by atoms with Crippen molar-refractivity contribution < 1.29 is 80.3 Å². The van der Waals surface area contributed by atoms with Crippen LogP contribution in [-0.2, 0) is 21.1 Å². The van der Waals surface area contributed by atoms with E-state index in [-0.39, 0.29) is 82.3 Å². The van der Waals surface area contributed by atoms with Crippen LogP contribution in [0.4, 0.5) is 0 Å². The molecule has 0 saturated carbocycles. The number of Topliss-reactive ketones (excluding diaryl/α,β-unsaturated/α-hetero) is 2. The van der Waals surface area contributed by atoms with Gasteiger partial charge in [-0.3, -0.25) is 19.6 Å². The molecule has 23 heavy (non-hydrogen) atoms. The van der Waals surface area contributed by atoms with Crippen LogP contribution in [0.15, 0.2) is 49.1 Å². The predicted molar refractivity (Wildman–Crippen MR) is 68.5 cm³/mol. The number of aromatic nitrogens is 2. The van der Waals surface area contributed by atoms with Gasteiger partial charge in [0.05, 0.1) is 0 Å². The van der Waals surface area contributed by atoms with Crippen LogP contribution in [0.1, 0.15) is 34.6 Å². The summed E-state index contributed by atoms with van der Waals surface area (Å²) in [6, 6.07) is 6.98. The molecule has 2 rings (SSSR count). The van der Waals surface area contributed by atoms with E-state index >= 15 is 0 Å². The molecule has 0 spiro atoms. The number of carbonyl (C=O) groups is 2. The van der Waals surface area contributed by atoms with E-state index in [9.17, 15) is 9.59 Å². The van der Waals surface area contributed by atoms with Gasteiger partial charge in [0.25, 0.3) is 0 Å². The summed E-state index contributed by atoms with van der Waals surface area (Å²) in [5.74, 6) is 0.117. The van der Waals surface area contributed by atoms with Crippen molar-refractivity contribution in [2.75, 3.05) is 0 Å². The molecule has 130 valence electrons. The van der Waals surface area contributed by atoms with Gasteiger partial charge in [-0.2, -0.15) is 0 Å². The number of nitrogens with zero attached hydrogens (tertiary/aromatic N) is 2. The maximum absolute atomic E-state index is 10.6. The molecular formula is C14H14Cl4N2O2Pt. The molecule has 0 bridgehead atoms. The summed E-state index contributed by atoms with van der Waals surface area (Å²) < 4.78 is 0. The Hall–Kier alpha value is -0.512. The molecule has 0 saturated heterocycles. The normalized spacial score (nSPS) is 7.04. The van der Waals surface area contributed by atoms with Crippen LogP contribution in [-0.4, -0.2) is 21.5 Å². The van der Waals surface area contributed by atoms with Gasteiger partial charge in [0.15, 0.2) is 11.6 Å². The molecule has 0 aliphatic heterocycles. The van der Waals surface area contributed by atoms with Crippen LogP contribution < -0.4 is 49.6 Å². The number of rotatable bonds is 2. The topological polar surface area (TPSA) is 59.9 Å². The molecular weight excluding hydrogens is 565 g/mol. The first-order valence-corrected chi connectivity index (χ1v) is 5.43. The van der Waals surface area contributed by atoms with E-state index in [1.165, 1.54) is 13.8 Å². The fourth-order valence-electron chi connectivity index (χ4n) is 1.14. The average Bonchev–Trinajstić information content (AvgIpc) is 2.41. The summed E-state index contributed by atoms with van der Waals surface area (Å²) in [4.78, 5) is 28.8. The first kappa shape index (κ1) is 34.0. The molecule has 0 unspecified atom stereocenters. The molecule has 9 heteroatoms. The second-order valence-electron chi connectivity index (χ2n) is 3.60. The molecule has 2 aromatic rings. The van der Waals surface area contributed by atoms with Gasteiger partial charge in [-0.05, 0) is 38.1 Å². The number of pyridine rings is 2. The zero-order chi connectivity index (χ0) is 13.4. The van der Waals surface area contributed by atoms with Gasteiger partial charge in [-0.1, -0.05) is 0 Å². The molecule has 0 amide bonds. The largest absolute Gasteiger partial charge is 4.00 e. The molecule has 0 radical (unpaired) electrons. The van der Waals surface area contributed by atoms with Gasteiger partial charge in [-0.15, -0.1) is 0 Å². The quantitative estimate of drug-likeness (QED) is 0.332. The minimum absolute atomic E-state index is 0. The number of halogens is 4. The minimum Gasteiger partial charge on any atom is -1.00 e. The van der Waals surface area contributed by atoms with Crippen molar-refractivity contribution in [2.45, 2.75) is 13.8 Å². The van der Waals surface area contributed by atoms with Gasteiger partial charge in [-0.25, -0.2) is 0 Å². The smallest absolute Gasteiger partial charge is 1.00 e. The van der Waals surface area contributed by atoms with E-state index in [0.717, 1.165) is 0 Å². The van der Waals surface area contributed by atoms with Crippen LogP contribution in [0.25, 0.3) is 0 Å². The number of ketones is 2. The van der Waals surface area contributed by atoms with Gasteiger partial charge < -0.3 is 49.6 Å². The van der Waals surface area contributed by atoms with Crippen molar-refractivity contribution in [3.05, 3.63) is 60.2 Å². The van der Waals surface area contributed by atoms with Crippen molar-refractivity contribution in [1.82, 2.24) is 9.97 Å². The van der Waals surface area contributed by atoms with Crippen LogP contribution in [0.2, 0.25) is 0 Å². The molecule has 0 aliphatic carbocycles. The summed E-state index contributed by atoms with van der Waals surface area (Å²) in [7, 11) is 0. The number of carbonyl (C=O) groups excluding carboxylic acids is 2. The minimum atomic E-state index is 0. The van der Waals surface area contributed by atoms with Gasteiger partial charge in [0.1, 0.15) is 0 Å². The standard InChI is InChI=1S/2C7H7NO.4ClH.Pt/c2*1-6(9)7-3-2-4-8-5-7;;;;;/h2*2-5H,1H3;4*1H;/q;;;;;;+4/p-4. The third kappa shape index (κ3) is 14.8. The zero-order valence-electron chi connectivity index (χ0n) is 12.2. The molecule has 0 aliphatic rings. The second-order valence-corrected chi connectivity index (χ2v) is 3.60. The molecule has 4 nitrogen and oxygen atoms in total. The summed E-state index contributed by atoms with van der Waals surface area (Å²) >= 11 is 0. The first-order valence-electron chi connectivity index (χ1n) is 5.43. The Morgan fingerprint density at radius 1 is 0.739 bits per heavy atom. The Labute approximate surface area is 175 Å². The van der Waals surface area contributed by atoms with Crippen LogP contribution in [0, 0.1) is 0 Å². The Balaban J connectivity index is -0.0000000771. The summed E-state index contributed by atoms with van der Waals surface area (Å²) in [5, 5.41) is 0. The Morgan fingerprint density at radius 3 is 1.17 bits per heavy atom. The van der Waals surface area contributed by atoms with Crippen molar-refractivity contribution in [1.29, 1.82) is 0 Å². The average molecular weight is 579 g/mol. The predicted octanol–water partition coefficient (Wildman–Crippen LogP) is -9.42. The van der Waals surface area contributed by atoms with E-state index in [1.54, 1.807) is 49.1 Å². The van der Waals surface area contributed by atoms with Gasteiger partial charge in [0.2, 0.25) is 0 Å². The van der Waals surface area contributed by atoms with E-state index in [2.05, 4.69) is 9.97 Å². The summed E-state index contributed by atoms with van der Waals surface area (Å²) in [6.45, 7) is 3.05. The van der Waals surface area contributed by atoms with Crippen molar-refractivity contribution >= 4 is 11.6 Å². The maximum atomic E-state index is 10.6. The van der Waals surface area contributed by atoms with Gasteiger partial charge >= 0.3 is 21.1 Å². The number of hydrogen-bond acceptors (Lipinski definition) is 4. The summed E-state index contributed by atoms with van der Waals surface area (Å²) in [6.07, 6.45) is 6.41. The molecule has 0 atom stereocenters. The molecule has 2 heterocycles. The van der Waals surface area contributed by atoms with E-state index in [0.29, 0.717) is 11.1 Å². The molecule has 2 aromatic heterocycles. The summed E-state index contributed by atoms with van der Waals surface area (Å²) in [5.41, 5.74) is 1.33. The third-order valence-corrected chi connectivity index (χ3v) is 2.14. The van der Waals surface area contributed by atoms with Crippen LogP contribution in [0.5, 0.6) is 0 Å². The fourth-order valence-corrected chi connectivity index (χ4v) is 1.14. The fraction of sp³-hybridized carbons (Fsp3) is 0.143. The maximum Gasteiger partial charge on any atom is 4.00 e. The Bertz CT molecular complexity index is 481. The van der Waals surface area contributed by atoms with Crippen molar-refractivity contribution in [2.24, 2.45) is 0 Å². The molecule has 0 N–H and O–H groups in total. The first-order chi connectivity index (χ1) is 8.61. The van der Waals surface area contributed by atoms with Crippen LogP contribution in [0.3, 0.4) is 0 Å². The van der Waals surface area contributed by atoms with Crippen LogP contribution >= 0.6 is 0 Å². The van der Waals surface area contributed by atoms with Gasteiger partial charge in [0, 0.05) is 35.9 Å². The molecule has 0 aromatic carbocycles. The Morgan fingerprint density at radius 2 is 1.04 bits per heavy atom. The van der Waals surface area contributed by atoms with Crippen molar-refractivity contribution in [3.8, 4) is 0 Å². The Kier molecular flexibility index (Phi) is 28.8. The van der Waals surface area contributed by atoms with Crippen molar-refractivity contribution in [3.63, 3.8) is 0 Å². The van der Waals surface area contributed by atoms with E-state index in [1.807, 2.05) is 0 Å². The SMILES string of the molecule is CC(=O)c1cccnc1.CC(=O)c1cccnc1.[Cl-].[Cl-].[Cl-].[Cl-].[Pt+4]. The van der Waals surface area contributed by atoms with E-state index < -0.39 is 0 Å². The third-order valence-electron chi connectivity index (χ3n) is 2.14. The molecule has 0 fully saturated rings. The zero-order valence-corrected chi connectivity index (χ0v) is 17.5. The van der Waals surface area contributed by atoms with E-state index in [4.69, 9.17) is 0 Å². The second kappa shape index (κ2) is 19.5. The number of hydrogen-bond donors (Lipinski definition) is 0.